The number of aromatic amines is 1. The van der Waals surface area contributed by atoms with Crippen LogP contribution in [0, 0.1) is 0 Å². The molecule has 5 rings (SSSR count). The van der Waals surface area contributed by atoms with E-state index in [-0.39, 0.29) is 6.09 Å². The number of nitrogens with one attached hydrogen (secondary N) is 1. The number of amides is 1. The van der Waals surface area contributed by atoms with E-state index >= 15 is 0 Å². The number of anilines is 1. The van der Waals surface area contributed by atoms with Gasteiger partial charge in [-0.3, -0.25) is 0 Å². The molecule has 1 aromatic carbocycles. The predicted molar refractivity (Wildman–Crippen MR) is 144 cm³/mol. The van der Waals surface area contributed by atoms with Crippen molar-refractivity contribution in [3.8, 4) is 17.0 Å². The van der Waals surface area contributed by atoms with E-state index in [9.17, 15) is 4.79 Å². The molecular formula is C29H42N4O4. The smallest absolute Gasteiger partial charge is 0.410 e. The minimum absolute atomic E-state index is 0.227. The van der Waals surface area contributed by atoms with Crippen LogP contribution in [0.25, 0.3) is 11.3 Å². The van der Waals surface area contributed by atoms with Crippen LogP contribution in [0.2, 0.25) is 0 Å². The Labute approximate surface area is 220 Å². The van der Waals surface area contributed by atoms with Gasteiger partial charge in [-0.1, -0.05) is 0 Å². The van der Waals surface area contributed by atoms with Gasteiger partial charge >= 0.3 is 6.09 Å². The first-order chi connectivity index (χ1) is 17.7. The van der Waals surface area contributed by atoms with Crippen LogP contribution >= 0.6 is 0 Å². The zero-order valence-electron chi connectivity index (χ0n) is 23.0. The maximum atomic E-state index is 12.5. The lowest BCUT2D eigenvalue weighted by Crippen LogP contribution is -2.41. The molecule has 3 aliphatic rings. The molecule has 1 amide bonds. The van der Waals surface area contributed by atoms with Crippen LogP contribution < -0.4 is 9.64 Å². The normalized spacial score (nSPS) is 20.9. The lowest BCUT2D eigenvalue weighted by Gasteiger charge is -2.38. The number of hydrogen-bond donors (Lipinski definition) is 1. The number of fused-ring (bicyclic) bond motifs is 1. The lowest BCUT2D eigenvalue weighted by atomic mass is 9.92. The van der Waals surface area contributed by atoms with Gasteiger partial charge in [0.05, 0.1) is 18.0 Å². The van der Waals surface area contributed by atoms with Gasteiger partial charge in [0.25, 0.3) is 0 Å². The number of rotatable bonds is 6. The second kappa shape index (κ2) is 10.6. The van der Waals surface area contributed by atoms with Gasteiger partial charge in [-0.25, -0.2) is 9.78 Å². The average molecular weight is 511 g/mol. The molecule has 2 aromatic rings. The van der Waals surface area contributed by atoms with Crippen molar-refractivity contribution < 1.29 is 19.0 Å². The van der Waals surface area contributed by atoms with E-state index in [1.54, 1.807) is 7.11 Å². The number of carbonyl (C=O) groups is 1. The van der Waals surface area contributed by atoms with Crippen LogP contribution in [0.4, 0.5) is 10.5 Å². The number of H-pyrrole nitrogens is 1. The Balaban J connectivity index is 1.36. The van der Waals surface area contributed by atoms with E-state index in [2.05, 4.69) is 28.9 Å². The highest BCUT2D eigenvalue weighted by Gasteiger charge is 2.32. The summed E-state index contributed by atoms with van der Waals surface area (Å²) < 4.78 is 17.7. The molecule has 3 heterocycles. The third-order valence-electron chi connectivity index (χ3n) is 7.91. The van der Waals surface area contributed by atoms with Gasteiger partial charge in [0.1, 0.15) is 23.9 Å². The van der Waals surface area contributed by atoms with E-state index in [4.69, 9.17) is 19.2 Å². The van der Waals surface area contributed by atoms with Crippen LogP contribution in [0.15, 0.2) is 18.3 Å². The standard InChI is InChI=1S/C29H42N4O4/c1-19-9-10-23-25(33(19)18-35-5)12-11-22(26(23)36-21-7-6-8-21)24-17-30-27(31-24)20-13-15-32(16-14-20)28(34)37-29(2,3)4/h11-12,17,19-21H,6-10,13-16,18H2,1-5H3,(H,30,31). The molecule has 1 saturated carbocycles. The van der Waals surface area contributed by atoms with Gasteiger partial charge in [0, 0.05) is 49.0 Å². The first kappa shape index (κ1) is 25.9. The van der Waals surface area contributed by atoms with Crippen molar-refractivity contribution in [1.29, 1.82) is 0 Å². The number of piperidine rings is 1. The van der Waals surface area contributed by atoms with Crippen LogP contribution in [0.5, 0.6) is 5.75 Å². The summed E-state index contributed by atoms with van der Waals surface area (Å²) in [4.78, 5) is 25.0. The molecule has 8 heteroatoms. The van der Waals surface area contributed by atoms with Crippen LogP contribution in [-0.4, -0.2) is 65.6 Å². The number of benzene rings is 1. The predicted octanol–water partition coefficient (Wildman–Crippen LogP) is 5.87. The average Bonchev–Trinajstić information content (AvgIpc) is 3.32. The van der Waals surface area contributed by atoms with Crippen molar-refractivity contribution in [2.75, 3.05) is 31.8 Å². The quantitative estimate of drug-likeness (QED) is 0.524. The van der Waals surface area contributed by atoms with E-state index in [0.717, 1.165) is 61.4 Å². The SMILES string of the molecule is COCN1c2ccc(-c3cnc(C4CCN(C(=O)OC(C)(C)C)CC4)[nH]3)c(OC3CCC3)c2CCC1C. The fourth-order valence-corrected chi connectivity index (χ4v) is 5.56. The van der Waals surface area contributed by atoms with Crippen molar-refractivity contribution in [2.45, 2.75) is 96.3 Å². The number of ether oxygens (including phenoxy) is 3. The second-order valence-electron chi connectivity index (χ2n) is 11.8. The minimum Gasteiger partial charge on any atom is -0.489 e. The fourth-order valence-electron chi connectivity index (χ4n) is 5.56. The monoisotopic (exact) mass is 510 g/mol. The Bertz CT molecular complexity index is 1100. The number of hydrogen-bond acceptors (Lipinski definition) is 6. The third kappa shape index (κ3) is 5.59. The molecule has 2 fully saturated rings. The maximum Gasteiger partial charge on any atom is 0.410 e. The summed E-state index contributed by atoms with van der Waals surface area (Å²) in [5.41, 5.74) is 4.10. The molecule has 2 aliphatic heterocycles. The van der Waals surface area contributed by atoms with Crippen LogP contribution in [0.1, 0.15) is 83.5 Å². The summed E-state index contributed by atoms with van der Waals surface area (Å²) in [7, 11) is 1.76. The highest BCUT2D eigenvalue weighted by Crippen LogP contribution is 2.44. The zero-order valence-corrected chi connectivity index (χ0v) is 23.0. The number of nitrogens with zero attached hydrogens (tertiary/aromatic N) is 3. The number of aromatic nitrogens is 2. The molecule has 37 heavy (non-hydrogen) atoms. The highest BCUT2D eigenvalue weighted by atomic mass is 16.6. The Morgan fingerprint density at radius 1 is 1.14 bits per heavy atom. The Morgan fingerprint density at radius 3 is 2.54 bits per heavy atom. The molecule has 0 spiro atoms. The number of imidazole rings is 1. The summed E-state index contributed by atoms with van der Waals surface area (Å²) in [6.07, 6.45) is 9.29. The molecule has 0 bridgehead atoms. The molecule has 0 radical (unpaired) electrons. The maximum absolute atomic E-state index is 12.5. The fraction of sp³-hybridized carbons (Fsp3) is 0.655. The summed E-state index contributed by atoms with van der Waals surface area (Å²) >= 11 is 0. The van der Waals surface area contributed by atoms with Crippen molar-refractivity contribution in [1.82, 2.24) is 14.9 Å². The first-order valence-corrected chi connectivity index (χ1v) is 13.8. The Kier molecular flexibility index (Phi) is 7.39. The molecule has 8 nitrogen and oxygen atoms in total. The van der Waals surface area contributed by atoms with Gasteiger partial charge in [-0.2, -0.15) is 0 Å². The first-order valence-electron chi connectivity index (χ1n) is 13.8. The summed E-state index contributed by atoms with van der Waals surface area (Å²) in [6.45, 7) is 9.91. The molecular weight excluding hydrogens is 468 g/mol. The van der Waals surface area contributed by atoms with Gasteiger partial charge in [0.2, 0.25) is 0 Å². The van der Waals surface area contributed by atoms with Crippen LogP contribution in [-0.2, 0) is 15.9 Å². The van der Waals surface area contributed by atoms with E-state index in [1.807, 2.05) is 31.9 Å². The van der Waals surface area contributed by atoms with Crippen molar-refractivity contribution >= 4 is 11.8 Å². The molecule has 1 atom stereocenters. The number of carbonyl (C=O) groups excluding carboxylic acids is 1. The van der Waals surface area contributed by atoms with E-state index < -0.39 is 5.60 Å². The van der Waals surface area contributed by atoms with Crippen molar-refractivity contribution in [3.05, 3.63) is 29.7 Å². The van der Waals surface area contributed by atoms with Crippen molar-refractivity contribution in [2.24, 2.45) is 0 Å². The zero-order chi connectivity index (χ0) is 26.2. The topological polar surface area (TPSA) is 79.9 Å². The second-order valence-corrected chi connectivity index (χ2v) is 11.8. The molecule has 1 N–H and O–H groups in total. The molecule has 1 saturated heterocycles. The molecule has 1 unspecified atom stereocenters. The molecule has 1 aromatic heterocycles. The summed E-state index contributed by atoms with van der Waals surface area (Å²) in [5.74, 6) is 2.28. The Hall–Kier alpha value is -2.74. The largest absolute Gasteiger partial charge is 0.489 e. The van der Waals surface area contributed by atoms with Gasteiger partial charge in [-0.05, 0) is 84.8 Å². The number of methoxy groups -OCH3 is 1. The summed E-state index contributed by atoms with van der Waals surface area (Å²) in [5, 5.41) is 0. The van der Waals surface area contributed by atoms with Gasteiger partial charge < -0.3 is 29.0 Å². The van der Waals surface area contributed by atoms with Crippen LogP contribution in [0.3, 0.4) is 0 Å². The van der Waals surface area contributed by atoms with Gasteiger partial charge in [-0.15, -0.1) is 0 Å². The highest BCUT2D eigenvalue weighted by molar-refractivity contribution is 5.76. The lowest BCUT2D eigenvalue weighted by molar-refractivity contribution is 0.0203. The third-order valence-corrected chi connectivity index (χ3v) is 7.91. The van der Waals surface area contributed by atoms with Crippen molar-refractivity contribution in [3.63, 3.8) is 0 Å². The minimum atomic E-state index is -0.476. The van der Waals surface area contributed by atoms with Gasteiger partial charge in [0.15, 0.2) is 0 Å². The Morgan fingerprint density at radius 2 is 1.89 bits per heavy atom. The van der Waals surface area contributed by atoms with E-state index in [1.165, 1.54) is 17.7 Å². The number of likely N-dealkylation sites (tertiary alicyclic amines) is 1. The molecule has 202 valence electrons. The van der Waals surface area contributed by atoms with E-state index in [0.29, 0.717) is 37.9 Å². The summed E-state index contributed by atoms with van der Waals surface area (Å²) in [6, 6.07) is 4.82. The molecule has 1 aliphatic carbocycles.